The number of β-amino-alcohol motifs (C(OH)–C–C–N with tert-alkyl or cyclic N) is 1. The standard InChI is InChI=1S/C17H23N5O2/c1-11-7-12(2)22-16(18-11)8-13(19-22)17(24)21-9-14(15(23)10-21)20-5-3-4-6-20/h7-8,14-15,23H,3-6,9-10H2,1-2H3/t14-,15-/m1/s1. The van der Waals surface area contributed by atoms with E-state index in [1.807, 2.05) is 19.9 Å². The van der Waals surface area contributed by atoms with Gasteiger partial charge in [0.25, 0.3) is 5.91 Å². The molecule has 2 saturated heterocycles. The van der Waals surface area contributed by atoms with E-state index in [1.54, 1.807) is 15.5 Å². The SMILES string of the molecule is Cc1cc(C)n2nc(C(=O)N3C[C@@H](O)[C@H](N4CCCC4)C3)cc2n1. The van der Waals surface area contributed by atoms with Gasteiger partial charge in [0.2, 0.25) is 0 Å². The number of aliphatic hydroxyl groups is 1. The van der Waals surface area contributed by atoms with Gasteiger partial charge < -0.3 is 10.0 Å². The van der Waals surface area contributed by atoms with Gasteiger partial charge in [-0.15, -0.1) is 0 Å². The Labute approximate surface area is 140 Å². The molecule has 4 rings (SSSR count). The van der Waals surface area contributed by atoms with Gasteiger partial charge in [-0.2, -0.15) is 5.10 Å². The Bertz CT molecular complexity index is 781. The highest BCUT2D eigenvalue weighted by molar-refractivity contribution is 5.93. The quantitative estimate of drug-likeness (QED) is 0.875. The van der Waals surface area contributed by atoms with Crippen molar-refractivity contribution in [3.8, 4) is 0 Å². The Morgan fingerprint density at radius 2 is 1.96 bits per heavy atom. The van der Waals surface area contributed by atoms with Gasteiger partial charge in [0, 0.05) is 30.5 Å². The molecule has 2 aliphatic rings. The van der Waals surface area contributed by atoms with E-state index in [0.29, 0.717) is 24.4 Å². The third-order valence-corrected chi connectivity index (χ3v) is 5.11. The maximum atomic E-state index is 12.8. The Morgan fingerprint density at radius 3 is 2.71 bits per heavy atom. The molecule has 0 bridgehead atoms. The van der Waals surface area contributed by atoms with Crippen molar-refractivity contribution < 1.29 is 9.90 Å². The number of nitrogens with zero attached hydrogens (tertiary/aromatic N) is 5. The summed E-state index contributed by atoms with van der Waals surface area (Å²) in [6.45, 7) is 6.85. The number of carbonyl (C=O) groups excluding carboxylic acids is 1. The summed E-state index contributed by atoms with van der Waals surface area (Å²) in [6, 6.07) is 3.73. The van der Waals surface area contributed by atoms with E-state index >= 15 is 0 Å². The summed E-state index contributed by atoms with van der Waals surface area (Å²) >= 11 is 0. The summed E-state index contributed by atoms with van der Waals surface area (Å²) in [5, 5.41) is 14.8. The van der Waals surface area contributed by atoms with Gasteiger partial charge in [0.1, 0.15) is 0 Å². The number of aromatic nitrogens is 3. The molecule has 7 heteroatoms. The van der Waals surface area contributed by atoms with Crippen LogP contribution in [0.15, 0.2) is 12.1 Å². The summed E-state index contributed by atoms with van der Waals surface area (Å²) < 4.78 is 1.70. The van der Waals surface area contributed by atoms with Crippen molar-refractivity contribution in [3.63, 3.8) is 0 Å². The van der Waals surface area contributed by atoms with Gasteiger partial charge in [0.05, 0.1) is 12.1 Å². The van der Waals surface area contributed by atoms with Crippen LogP contribution in [-0.2, 0) is 0 Å². The summed E-state index contributed by atoms with van der Waals surface area (Å²) in [5.41, 5.74) is 2.94. The number of aliphatic hydroxyl groups excluding tert-OH is 1. The van der Waals surface area contributed by atoms with Gasteiger partial charge in [0.15, 0.2) is 11.3 Å². The fraction of sp³-hybridized carbons (Fsp3) is 0.588. The molecule has 1 amide bonds. The minimum atomic E-state index is -0.480. The second-order valence-electron chi connectivity index (χ2n) is 6.93. The van der Waals surface area contributed by atoms with Crippen LogP contribution >= 0.6 is 0 Å². The third kappa shape index (κ3) is 2.57. The highest BCUT2D eigenvalue weighted by Gasteiger charge is 2.39. The molecular weight excluding hydrogens is 306 g/mol. The average Bonchev–Trinajstić information content (AvgIpc) is 3.24. The first-order chi connectivity index (χ1) is 11.5. The maximum absolute atomic E-state index is 12.8. The van der Waals surface area contributed by atoms with Crippen molar-refractivity contribution in [2.24, 2.45) is 0 Å². The first-order valence-corrected chi connectivity index (χ1v) is 8.58. The molecule has 0 spiro atoms. The summed E-state index contributed by atoms with van der Waals surface area (Å²) in [7, 11) is 0. The minimum Gasteiger partial charge on any atom is -0.390 e. The van der Waals surface area contributed by atoms with E-state index in [2.05, 4.69) is 15.0 Å². The first-order valence-electron chi connectivity index (χ1n) is 8.58. The van der Waals surface area contributed by atoms with Crippen molar-refractivity contribution in [2.45, 2.75) is 38.8 Å². The lowest BCUT2D eigenvalue weighted by atomic mass is 10.2. The predicted octanol–water partition coefficient (Wildman–Crippen LogP) is 0.627. The monoisotopic (exact) mass is 329 g/mol. The number of amides is 1. The largest absolute Gasteiger partial charge is 0.390 e. The van der Waals surface area contributed by atoms with Gasteiger partial charge in [-0.05, 0) is 45.8 Å². The van der Waals surface area contributed by atoms with E-state index in [1.165, 1.54) is 12.8 Å². The highest BCUT2D eigenvalue weighted by atomic mass is 16.3. The lowest BCUT2D eigenvalue weighted by Gasteiger charge is -2.25. The summed E-state index contributed by atoms with van der Waals surface area (Å²) in [6.07, 6.45) is 1.87. The van der Waals surface area contributed by atoms with E-state index in [9.17, 15) is 9.90 Å². The molecule has 2 aliphatic heterocycles. The molecule has 2 fully saturated rings. The van der Waals surface area contributed by atoms with E-state index in [4.69, 9.17) is 0 Å². The van der Waals surface area contributed by atoms with Crippen LogP contribution in [0.2, 0.25) is 0 Å². The Hall–Kier alpha value is -1.99. The van der Waals surface area contributed by atoms with Crippen molar-refractivity contribution in [1.29, 1.82) is 0 Å². The van der Waals surface area contributed by atoms with Gasteiger partial charge in [-0.25, -0.2) is 9.50 Å². The van der Waals surface area contributed by atoms with Gasteiger partial charge in [-0.3, -0.25) is 9.69 Å². The lowest BCUT2D eigenvalue weighted by Crippen LogP contribution is -2.41. The third-order valence-electron chi connectivity index (χ3n) is 5.11. The molecule has 24 heavy (non-hydrogen) atoms. The fourth-order valence-electron chi connectivity index (χ4n) is 3.92. The smallest absolute Gasteiger partial charge is 0.274 e. The molecule has 2 aromatic rings. The fourth-order valence-corrected chi connectivity index (χ4v) is 3.92. The lowest BCUT2D eigenvalue weighted by molar-refractivity contribution is 0.0757. The number of hydrogen-bond acceptors (Lipinski definition) is 5. The Balaban J connectivity index is 1.56. The number of fused-ring (bicyclic) bond motifs is 1. The van der Waals surface area contributed by atoms with Crippen molar-refractivity contribution in [2.75, 3.05) is 26.2 Å². The molecule has 2 aromatic heterocycles. The second-order valence-corrected chi connectivity index (χ2v) is 6.93. The zero-order valence-corrected chi connectivity index (χ0v) is 14.1. The predicted molar refractivity (Wildman–Crippen MR) is 89.0 cm³/mol. The van der Waals surface area contributed by atoms with Gasteiger partial charge >= 0.3 is 0 Å². The van der Waals surface area contributed by atoms with Crippen molar-refractivity contribution in [3.05, 3.63) is 29.2 Å². The Kier molecular flexibility index (Phi) is 3.77. The van der Waals surface area contributed by atoms with Crippen LogP contribution in [0.1, 0.15) is 34.7 Å². The molecule has 128 valence electrons. The topological polar surface area (TPSA) is 74.0 Å². The Morgan fingerprint density at radius 1 is 1.21 bits per heavy atom. The number of likely N-dealkylation sites (tertiary alicyclic amines) is 2. The van der Waals surface area contributed by atoms with Crippen LogP contribution in [0.25, 0.3) is 5.65 Å². The molecular formula is C17H23N5O2. The van der Waals surface area contributed by atoms with Crippen LogP contribution in [0, 0.1) is 13.8 Å². The maximum Gasteiger partial charge on any atom is 0.274 e. The number of hydrogen-bond donors (Lipinski definition) is 1. The summed E-state index contributed by atoms with van der Waals surface area (Å²) in [4.78, 5) is 21.3. The van der Waals surface area contributed by atoms with Crippen molar-refractivity contribution in [1.82, 2.24) is 24.4 Å². The number of carbonyl (C=O) groups is 1. The van der Waals surface area contributed by atoms with E-state index in [0.717, 1.165) is 24.5 Å². The van der Waals surface area contributed by atoms with E-state index < -0.39 is 6.10 Å². The molecule has 0 radical (unpaired) electrons. The second kappa shape index (κ2) is 5.82. The zero-order chi connectivity index (χ0) is 16.8. The summed E-state index contributed by atoms with van der Waals surface area (Å²) in [5.74, 6) is -0.127. The molecule has 0 saturated carbocycles. The van der Waals surface area contributed by atoms with E-state index in [-0.39, 0.29) is 11.9 Å². The molecule has 0 aromatic carbocycles. The van der Waals surface area contributed by atoms with Crippen LogP contribution < -0.4 is 0 Å². The van der Waals surface area contributed by atoms with Crippen LogP contribution in [-0.4, -0.2) is 73.7 Å². The van der Waals surface area contributed by atoms with Crippen LogP contribution in [0.4, 0.5) is 0 Å². The average molecular weight is 329 g/mol. The molecule has 4 heterocycles. The molecule has 7 nitrogen and oxygen atoms in total. The minimum absolute atomic E-state index is 0.0515. The molecule has 0 aliphatic carbocycles. The van der Waals surface area contributed by atoms with Gasteiger partial charge in [-0.1, -0.05) is 0 Å². The first kappa shape index (κ1) is 15.5. The molecule has 2 atom stereocenters. The molecule has 1 N–H and O–H groups in total. The van der Waals surface area contributed by atoms with Crippen LogP contribution in [0.3, 0.4) is 0 Å². The molecule has 0 unspecified atom stereocenters. The number of rotatable bonds is 2. The number of aryl methyl sites for hydroxylation is 2. The normalized spacial score (nSPS) is 25.0. The van der Waals surface area contributed by atoms with Crippen molar-refractivity contribution >= 4 is 11.6 Å². The highest BCUT2D eigenvalue weighted by Crippen LogP contribution is 2.22. The zero-order valence-electron chi connectivity index (χ0n) is 14.1. The van der Waals surface area contributed by atoms with Crippen LogP contribution in [0.5, 0.6) is 0 Å².